The average Bonchev–Trinajstić information content (AvgIpc) is 3.13. The average molecular weight is 524 g/mol. The molecule has 0 saturated carbocycles. The van der Waals surface area contributed by atoms with E-state index in [0.29, 0.717) is 11.5 Å². The zero-order valence-corrected chi connectivity index (χ0v) is 20.9. The number of amides is 3. The normalized spacial score (nSPS) is 14.0. The second-order valence-electron chi connectivity index (χ2n) is 8.50. The number of para-hydroxylation sites is 1. The molecule has 1 atom stereocenters. The molecule has 0 bridgehead atoms. The molecule has 0 spiro atoms. The van der Waals surface area contributed by atoms with Gasteiger partial charge in [-0.2, -0.15) is 4.31 Å². The molecule has 10 nitrogen and oxygen atoms in total. The third-order valence-electron chi connectivity index (χ3n) is 6.08. The van der Waals surface area contributed by atoms with Crippen LogP contribution in [-0.2, 0) is 14.8 Å². The molecule has 2 N–H and O–H groups in total. The quantitative estimate of drug-likeness (QED) is 0.250. The smallest absolute Gasteiger partial charge is 0.261 e. The van der Waals surface area contributed by atoms with Crippen LogP contribution in [0, 0.1) is 6.92 Å². The highest BCUT2D eigenvalue weighted by atomic mass is 32.2. The lowest BCUT2D eigenvalue weighted by atomic mass is 10.1. The summed E-state index contributed by atoms with van der Waals surface area (Å²) in [5.41, 5.74) is 2.79. The second-order valence-corrected chi connectivity index (χ2v) is 10.5. The van der Waals surface area contributed by atoms with Crippen molar-refractivity contribution in [3.05, 3.63) is 89.5 Å². The van der Waals surface area contributed by atoms with Gasteiger partial charge < -0.3 is 4.74 Å². The van der Waals surface area contributed by atoms with E-state index in [1.54, 1.807) is 49.4 Å². The maximum atomic E-state index is 13.3. The first-order chi connectivity index (χ1) is 17.6. The number of ether oxygens (including phenoxy) is 1. The fourth-order valence-electron chi connectivity index (χ4n) is 4.05. The monoisotopic (exact) mass is 523 g/mol. The number of likely N-dealkylation sites (N-methyl/N-ethyl adjacent to an activating group) is 1. The van der Waals surface area contributed by atoms with Crippen LogP contribution in [0.4, 0.5) is 0 Å². The second kappa shape index (κ2) is 10.5. The minimum absolute atomic E-state index is 0.109. The fourth-order valence-corrected chi connectivity index (χ4v) is 5.40. The summed E-state index contributed by atoms with van der Waals surface area (Å²) in [4.78, 5) is 38.8. The van der Waals surface area contributed by atoms with E-state index in [4.69, 9.17) is 4.74 Å². The molecule has 0 fully saturated rings. The SMILES string of the molecule is Cc1ccc2c(c1)C(=O)N(CCC(C(=O)NO)N(C)S(=O)(=O)c1ccc(Oc3ccccc3)cc1)C2=O. The van der Waals surface area contributed by atoms with Gasteiger partial charge in [-0.3, -0.25) is 24.5 Å². The largest absolute Gasteiger partial charge is 0.457 e. The number of hydrogen-bond donors (Lipinski definition) is 2. The first kappa shape index (κ1) is 26.0. The topological polar surface area (TPSA) is 133 Å². The Morgan fingerprint density at radius 3 is 2.24 bits per heavy atom. The van der Waals surface area contributed by atoms with Crippen molar-refractivity contribution in [3.63, 3.8) is 0 Å². The van der Waals surface area contributed by atoms with E-state index in [-0.39, 0.29) is 29.0 Å². The van der Waals surface area contributed by atoms with Crippen molar-refractivity contribution < 1.29 is 32.7 Å². The molecule has 0 aliphatic carbocycles. The van der Waals surface area contributed by atoms with Gasteiger partial charge in [0.2, 0.25) is 10.0 Å². The molecule has 11 heteroatoms. The standard InChI is InChI=1S/C26H25N3O7S/c1-17-8-13-21-22(16-17)26(32)29(25(21)31)15-14-23(24(30)27-33)28(2)37(34,35)20-11-9-19(10-12-20)36-18-6-4-3-5-7-18/h3-13,16,23,33H,14-15H2,1-2H3,(H,27,30). The van der Waals surface area contributed by atoms with Gasteiger partial charge in [0.05, 0.1) is 16.0 Å². The molecule has 192 valence electrons. The molecule has 1 unspecified atom stereocenters. The Labute approximate surface area is 214 Å². The van der Waals surface area contributed by atoms with Crippen LogP contribution in [0.1, 0.15) is 32.7 Å². The first-order valence-corrected chi connectivity index (χ1v) is 12.8. The van der Waals surface area contributed by atoms with Crippen molar-refractivity contribution in [1.29, 1.82) is 0 Å². The molecule has 37 heavy (non-hydrogen) atoms. The number of nitrogens with one attached hydrogen (secondary N) is 1. The highest BCUT2D eigenvalue weighted by Gasteiger charge is 2.38. The van der Waals surface area contributed by atoms with Crippen LogP contribution in [-0.4, -0.2) is 60.2 Å². The highest BCUT2D eigenvalue weighted by molar-refractivity contribution is 7.89. The number of benzene rings is 3. The number of imide groups is 1. The summed E-state index contributed by atoms with van der Waals surface area (Å²) in [6, 6.07) is 18.1. The summed E-state index contributed by atoms with van der Waals surface area (Å²) in [6.07, 6.45) is -0.234. The van der Waals surface area contributed by atoms with E-state index in [1.165, 1.54) is 36.8 Å². The van der Waals surface area contributed by atoms with Gasteiger partial charge in [0.1, 0.15) is 17.5 Å². The van der Waals surface area contributed by atoms with Gasteiger partial charge in [0.25, 0.3) is 17.7 Å². The minimum Gasteiger partial charge on any atom is -0.457 e. The van der Waals surface area contributed by atoms with Crippen molar-refractivity contribution in [2.45, 2.75) is 24.3 Å². The van der Waals surface area contributed by atoms with Gasteiger partial charge in [-0.05, 0) is 61.9 Å². The Morgan fingerprint density at radius 2 is 1.59 bits per heavy atom. The van der Waals surface area contributed by atoms with Crippen LogP contribution in [0.5, 0.6) is 11.5 Å². The van der Waals surface area contributed by atoms with E-state index in [2.05, 4.69) is 0 Å². The fraction of sp³-hybridized carbons (Fsp3) is 0.192. The van der Waals surface area contributed by atoms with Gasteiger partial charge in [-0.15, -0.1) is 0 Å². The number of sulfonamides is 1. The van der Waals surface area contributed by atoms with Gasteiger partial charge in [-0.1, -0.05) is 29.8 Å². The third-order valence-corrected chi connectivity index (χ3v) is 7.96. The lowest BCUT2D eigenvalue weighted by Crippen LogP contribution is -2.48. The zero-order valence-electron chi connectivity index (χ0n) is 20.1. The predicted molar refractivity (Wildman–Crippen MR) is 133 cm³/mol. The summed E-state index contributed by atoms with van der Waals surface area (Å²) in [6.45, 7) is 1.57. The Hall–Kier alpha value is -4.06. The summed E-state index contributed by atoms with van der Waals surface area (Å²) in [5, 5.41) is 9.25. The van der Waals surface area contributed by atoms with E-state index in [1.807, 2.05) is 6.07 Å². The zero-order chi connectivity index (χ0) is 26.7. The lowest BCUT2D eigenvalue weighted by Gasteiger charge is -2.27. The van der Waals surface area contributed by atoms with Crippen LogP contribution >= 0.6 is 0 Å². The highest BCUT2D eigenvalue weighted by Crippen LogP contribution is 2.27. The van der Waals surface area contributed by atoms with Crippen molar-refractivity contribution in [2.75, 3.05) is 13.6 Å². The van der Waals surface area contributed by atoms with Crippen LogP contribution in [0.3, 0.4) is 0 Å². The van der Waals surface area contributed by atoms with Crippen molar-refractivity contribution >= 4 is 27.7 Å². The van der Waals surface area contributed by atoms with Gasteiger partial charge in [0, 0.05) is 13.6 Å². The molecule has 0 radical (unpaired) electrons. The molecule has 1 aliphatic rings. The van der Waals surface area contributed by atoms with Crippen molar-refractivity contribution in [1.82, 2.24) is 14.7 Å². The van der Waals surface area contributed by atoms with Gasteiger partial charge >= 0.3 is 0 Å². The number of carbonyl (C=O) groups is 3. The van der Waals surface area contributed by atoms with Crippen molar-refractivity contribution in [2.24, 2.45) is 0 Å². The Bertz CT molecular complexity index is 1440. The predicted octanol–water partition coefficient (Wildman–Crippen LogP) is 2.97. The molecule has 3 aromatic carbocycles. The van der Waals surface area contributed by atoms with Crippen LogP contribution in [0.2, 0.25) is 0 Å². The molecule has 4 rings (SSSR count). The molecule has 1 heterocycles. The molecular formula is C26H25N3O7S. The number of hydrogen-bond acceptors (Lipinski definition) is 7. The number of carbonyl (C=O) groups excluding carboxylic acids is 3. The summed E-state index contributed by atoms with van der Waals surface area (Å²) in [7, 11) is -3.01. The number of nitrogens with zero attached hydrogens (tertiary/aromatic N) is 2. The summed E-state index contributed by atoms with van der Waals surface area (Å²) >= 11 is 0. The number of fused-ring (bicyclic) bond motifs is 1. The van der Waals surface area contributed by atoms with Gasteiger partial charge in [-0.25, -0.2) is 13.9 Å². The third kappa shape index (κ3) is 5.24. The van der Waals surface area contributed by atoms with E-state index < -0.39 is 33.8 Å². The number of hydroxylamine groups is 1. The van der Waals surface area contributed by atoms with Gasteiger partial charge in [0.15, 0.2) is 0 Å². The maximum Gasteiger partial charge on any atom is 0.261 e. The van der Waals surface area contributed by atoms with Crippen LogP contribution in [0.25, 0.3) is 0 Å². The summed E-state index contributed by atoms with van der Waals surface area (Å²) < 4.78 is 33.0. The van der Waals surface area contributed by atoms with E-state index in [0.717, 1.165) is 14.8 Å². The minimum atomic E-state index is -4.20. The van der Waals surface area contributed by atoms with E-state index in [9.17, 15) is 28.0 Å². The van der Waals surface area contributed by atoms with Crippen molar-refractivity contribution in [3.8, 4) is 11.5 Å². The number of rotatable bonds is 9. The molecule has 0 saturated heterocycles. The van der Waals surface area contributed by atoms with E-state index >= 15 is 0 Å². The maximum absolute atomic E-state index is 13.3. The molecule has 1 aliphatic heterocycles. The first-order valence-electron chi connectivity index (χ1n) is 11.4. The Kier molecular flexibility index (Phi) is 7.39. The number of aryl methyl sites for hydroxylation is 1. The van der Waals surface area contributed by atoms with Crippen LogP contribution in [0.15, 0.2) is 77.7 Å². The lowest BCUT2D eigenvalue weighted by molar-refractivity contribution is -0.133. The molecule has 3 amide bonds. The Morgan fingerprint density at radius 1 is 0.973 bits per heavy atom. The summed E-state index contributed by atoms with van der Waals surface area (Å²) in [5.74, 6) is -1.05. The Balaban J connectivity index is 1.50. The molecule has 0 aromatic heterocycles. The van der Waals surface area contributed by atoms with Crippen LogP contribution < -0.4 is 10.2 Å². The molecule has 3 aromatic rings. The molecular weight excluding hydrogens is 498 g/mol.